The quantitative estimate of drug-likeness (QED) is 0.878. The topological polar surface area (TPSA) is 67.9 Å². The van der Waals surface area contributed by atoms with Crippen molar-refractivity contribution < 1.29 is 19.1 Å². The number of benzene rings is 2. The number of anilines is 2. The Morgan fingerprint density at radius 2 is 1.76 bits per heavy atom. The van der Waals surface area contributed by atoms with Gasteiger partial charge in [-0.25, -0.2) is 0 Å². The predicted molar refractivity (Wildman–Crippen MR) is 95.1 cm³/mol. The summed E-state index contributed by atoms with van der Waals surface area (Å²) in [6.07, 6.45) is 1.49. The lowest BCUT2D eigenvalue weighted by atomic mass is 10.3. The molecule has 2 aromatic carbocycles. The molecule has 0 saturated carbocycles. The van der Waals surface area contributed by atoms with E-state index in [9.17, 15) is 9.59 Å². The van der Waals surface area contributed by atoms with Crippen molar-refractivity contribution in [2.75, 3.05) is 30.5 Å². The van der Waals surface area contributed by atoms with Gasteiger partial charge < -0.3 is 19.7 Å². The minimum absolute atomic E-state index is 0.0893. The average molecular weight is 340 g/mol. The van der Waals surface area contributed by atoms with Crippen LogP contribution in [0.25, 0.3) is 0 Å². The number of ether oxygens (including phenoxy) is 2. The Kier molecular flexibility index (Phi) is 5.18. The molecule has 130 valence electrons. The van der Waals surface area contributed by atoms with Crippen LogP contribution >= 0.6 is 0 Å². The van der Waals surface area contributed by atoms with E-state index in [2.05, 4.69) is 5.32 Å². The lowest BCUT2D eigenvalue weighted by Crippen LogP contribution is -2.23. The Balaban J connectivity index is 1.50. The zero-order chi connectivity index (χ0) is 17.6. The van der Waals surface area contributed by atoms with Crippen LogP contribution < -0.4 is 19.7 Å². The van der Waals surface area contributed by atoms with Crippen LogP contribution in [0.1, 0.15) is 12.8 Å². The Bertz CT molecular complexity index is 741. The van der Waals surface area contributed by atoms with Crippen molar-refractivity contribution in [1.29, 1.82) is 0 Å². The Morgan fingerprint density at radius 1 is 1.08 bits per heavy atom. The molecule has 25 heavy (non-hydrogen) atoms. The second kappa shape index (κ2) is 7.70. The molecule has 0 aromatic heterocycles. The molecule has 1 aliphatic heterocycles. The standard InChI is InChI=1S/C19H20N2O4/c1-24-16-8-4-14(5-9-16)20-18(22)13-25-17-10-6-15(7-11-17)21-12-2-3-19(21)23/h4-11H,2-3,12-13H2,1H3,(H,20,22). The maximum Gasteiger partial charge on any atom is 0.262 e. The van der Waals surface area contributed by atoms with Gasteiger partial charge in [-0.15, -0.1) is 0 Å². The monoisotopic (exact) mass is 340 g/mol. The summed E-state index contributed by atoms with van der Waals surface area (Å²) < 4.78 is 10.6. The molecule has 0 aliphatic carbocycles. The Hall–Kier alpha value is -3.02. The van der Waals surface area contributed by atoms with Gasteiger partial charge in [-0.2, -0.15) is 0 Å². The van der Waals surface area contributed by atoms with E-state index < -0.39 is 0 Å². The van der Waals surface area contributed by atoms with Crippen LogP contribution in [0.15, 0.2) is 48.5 Å². The first-order valence-electron chi connectivity index (χ1n) is 8.13. The number of carbonyl (C=O) groups is 2. The number of methoxy groups -OCH3 is 1. The van der Waals surface area contributed by atoms with E-state index in [1.807, 2.05) is 12.1 Å². The van der Waals surface area contributed by atoms with Gasteiger partial charge in [0.2, 0.25) is 5.91 Å². The van der Waals surface area contributed by atoms with E-state index in [0.717, 1.165) is 24.4 Å². The van der Waals surface area contributed by atoms with E-state index >= 15 is 0 Å². The Labute approximate surface area is 146 Å². The van der Waals surface area contributed by atoms with Crippen molar-refractivity contribution in [3.63, 3.8) is 0 Å². The second-order valence-corrected chi connectivity index (χ2v) is 5.71. The van der Waals surface area contributed by atoms with Crippen molar-refractivity contribution >= 4 is 23.2 Å². The molecule has 0 radical (unpaired) electrons. The third-order valence-electron chi connectivity index (χ3n) is 3.97. The summed E-state index contributed by atoms with van der Waals surface area (Å²) in [5, 5.41) is 2.75. The molecule has 0 unspecified atom stereocenters. The number of hydrogen-bond acceptors (Lipinski definition) is 4. The van der Waals surface area contributed by atoms with Crippen molar-refractivity contribution in [2.45, 2.75) is 12.8 Å². The highest BCUT2D eigenvalue weighted by molar-refractivity contribution is 5.95. The summed E-state index contributed by atoms with van der Waals surface area (Å²) in [6, 6.07) is 14.3. The summed E-state index contributed by atoms with van der Waals surface area (Å²) in [5.41, 5.74) is 1.54. The van der Waals surface area contributed by atoms with Crippen molar-refractivity contribution in [1.82, 2.24) is 0 Å². The molecule has 1 heterocycles. The van der Waals surface area contributed by atoms with Crippen LogP contribution in [0, 0.1) is 0 Å². The van der Waals surface area contributed by atoms with Gasteiger partial charge in [0.25, 0.3) is 5.91 Å². The normalized spacial score (nSPS) is 13.6. The van der Waals surface area contributed by atoms with E-state index in [1.54, 1.807) is 48.4 Å². The highest BCUT2D eigenvalue weighted by Gasteiger charge is 2.21. The van der Waals surface area contributed by atoms with E-state index in [1.165, 1.54) is 0 Å². The summed E-state index contributed by atoms with van der Waals surface area (Å²) in [7, 11) is 1.59. The van der Waals surface area contributed by atoms with Gasteiger partial charge in [0, 0.05) is 24.3 Å². The maximum absolute atomic E-state index is 11.9. The summed E-state index contributed by atoms with van der Waals surface area (Å²) in [6.45, 7) is 0.664. The van der Waals surface area contributed by atoms with Gasteiger partial charge in [-0.3, -0.25) is 9.59 Å². The van der Waals surface area contributed by atoms with E-state index in [0.29, 0.717) is 17.9 Å². The fourth-order valence-corrected chi connectivity index (χ4v) is 2.66. The summed E-state index contributed by atoms with van der Waals surface area (Å²) in [5.74, 6) is 1.21. The highest BCUT2D eigenvalue weighted by Crippen LogP contribution is 2.24. The van der Waals surface area contributed by atoms with Gasteiger partial charge in [-0.05, 0) is 55.0 Å². The zero-order valence-corrected chi connectivity index (χ0v) is 14.0. The summed E-state index contributed by atoms with van der Waals surface area (Å²) in [4.78, 5) is 25.4. The van der Waals surface area contributed by atoms with Crippen molar-refractivity contribution in [3.8, 4) is 11.5 Å². The predicted octanol–water partition coefficient (Wildman–Crippen LogP) is 2.84. The van der Waals surface area contributed by atoms with Gasteiger partial charge >= 0.3 is 0 Å². The van der Waals surface area contributed by atoms with Gasteiger partial charge in [0.1, 0.15) is 11.5 Å². The fourth-order valence-electron chi connectivity index (χ4n) is 2.66. The number of nitrogens with zero attached hydrogens (tertiary/aromatic N) is 1. The molecular formula is C19H20N2O4. The first-order valence-corrected chi connectivity index (χ1v) is 8.13. The maximum atomic E-state index is 11.9. The lowest BCUT2D eigenvalue weighted by Gasteiger charge is -2.16. The van der Waals surface area contributed by atoms with E-state index in [-0.39, 0.29) is 18.4 Å². The molecule has 0 spiro atoms. The zero-order valence-electron chi connectivity index (χ0n) is 14.0. The molecule has 1 aliphatic rings. The SMILES string of the molecule is COc1ccc(NC(=O)COc2ccc(N3CCCC3=O)cc2)cc1. The van der Waals surface area contributed by atoms with E-state index in [4.69, 9.17) is 9.47 Å². The average Bonchev–Trinajstić information content (AvgIpc) is 3.07. The second-order valence-electron chi connectivity index (χ2n) is 5.71. The number of nitrogens with one attached hydrogen (secondary N) is 1. The smallest absolute Gasteiger partial charge is 0.262 e. The molecule has 1 fully saturated rings. The molecule has 1 N–H and O–H groups in total. The number of amides is 2. The summed E-state index contributed by atoms with van der Waals surface area (Å²) >= 11 is 0. The first-order chi connectivity index (χ1) is 12.2. The van der Waals surface area contributed by atoms with Crippen LogP contribution in [-0.4, -0.2) is 32.1 Å². The minimum atomic E-state index is -0.246. The first kappa shape index (κ1) is 16.8. The largest absolute Gasteiger partial charge is 0.497 e. The van der Waals surface area contributed by atoms with Crippen molar-refractivity contribution in [2.24, 2.45) is 0 Å². The molecule has 6 heteroatoms. The third-order valence-corrected chi connectivity index (χ3v) is 3.97. The van der Waals surface area contributed by atoms with Crippen LogP contribution in [0.4, 0.5) is 11.4 Å². The molecule has 0 atom stereocenters. The van der Waals surface area contributed by atoms with Gasteiger partial charge in [0.15, 0.2) is 6.61 Å². The molecule has 0 bridgehead atoms. The lowest BCUT2D eigenvalue weighted by molar-refractivity contribution is -0.118. The van der Waals surface area contributed by atoms with Crippen LogP contribution in [0.2, 0.25) is 0 Å². The highest BCUT2D eigenvalue weighted by atomic mass is 16.5. The fraction of sp³-hybridized carbons (Fsp3) is 0.263. The molecule has 6 nitrogen and oxygen atoms in total. The Morgan fingerprint density at radius 3 is 2.36 bits per heavy atom. The van der Waals surface area contributed by atoms with Crippen LogP contribution in [0.3, 0.4) is 0 Å². The van der Waals surface area contributed by atoms with Gasteiger partial charge in [-0.1, -0.05) is 0 Å². The molecule has 1 saturated heterocycles. The number of carbonyl (C=O) groups excluding carboxylic acids is 2. The minimum Gasteiger partial charge on any atom is -0.497 e. The number of hydrogen-bond donors (Lipinski definition) is 1. The molecule has 3 rings (SSSR count). The van der Waals surface area contributed by atoms with Crippen LogP contribution in [-0.2, 0) is 9.59 Å². The molecular weight excluding hydrogens is 320 g/mol. The van der Waals surface area contributed by atoms with Gasteiger partial charge in [0.05, 0.1) is 7.11 Å². The number of rotatable bonds is 6. The molecule has 2 aromatic rings. The third kappa shape index (κ3) is 4.29. The molecule has 2 amide bonds. The van der Waals surface area contributed by atoms with Crippen molar-refractivity contribution in [3.05, 3.63) is 48.5 Å². The van der Waals surface area contributed by atoms with Crippen LogP contribution in [0.5, 0.6) is 11.5 Å².